The number of aryl methyl sites for hydroxylation is 1. The van der Waals surface area contributed by atoms with Gasteiger partial charge in [0.1, 0.15) is 11.9 Å². The van der Waals surface area contributed by atoms with Gasteiger partial charge in [0.15, 0.2) is 0 Å². The van der Waals surface area contributed by atoms with Crippen LogP contribution in [0.1, 0.15) is 60.4 Å². The van der Waals surface area contributed by atoms with E-state index in [0.717, 1.165) is 43.3 Å². The molecule has 1 unspecified atom stereocenters. The lowest BCUT2D eigenvalue weighted by molar-refractivity contribution is -0.137. The van der Waals surface area contributed by atoms with Crippen LogP contribution in [0.5, 0.6) is 0 Å². The first kappa shape index (κ1) is 24.8. The van der Waals surface area contributed by atoms with E-state index in [1.807, 2.05) is 51.1 Å². The maximum atomic E-state index is 13.6. The molecule has 4 rings (SSSR count). The van der Waals surface area contributed by atoms with Crippen LogP contribution in [-0.2, 0) is 9.53 Å². The second-order valence-electron chi connectivity index (χ2n) is 8.52. The molecule has 182 valence electrons. The average Bonchev–Trinajstić information content (AvgIpc) is 3.20. The molecule has 0 aliphatic carbocycles. The predicted molar refractivity (Wildman–Crippen MR) is 139 cm³/mol. The number of carboxylic acids is 1. The van der Waals surface area contributed by atoms with Gasteiger partial charge in [-0.05, 0) is 85.3 Å². The molecule has 5 nitrogen and oxygen atoms in total. The molecular formula is C28H29FN2O3S. The molecule has 0 aliphatic rings. The Morgan fingerprint density at radius 3 is 2.46 bits per heavy atom. The smallest absolute Gasteiger partial charge is 0.303 e. The van der Waals surface area contributed by atoms with Gasteiger partial charge in [0.25, 0.3) is 0 Å². The number of carbonyl (C=O) groups is 1. The first-order valence-corrected chi connectivity index (χ1v) is 12.6. The predicted octanol–water partition coefficient (Wildman–Crippen LogP) is 7.58. The summed E-state index contributed by atoms with van der Waals surface area (Å²) in [5.74, 6) is -1.28. The average molecular weight is 493 g/mol. The Morgan fingerprint density at radius 1 is 1.03 bits per heavy atom. The first-order chi connectivity index (χ1) is 16.9. The van der Waals surface area contributed by atoms with Gasteiger partial charge in [-0.15, -0.1) is 11.3 Å². The monoisotopic (exact) mass is 492 g/mol. The number of rotatable bonds is 10. The normalized spacial score (nSPS) is 13.0. The molecule has 0 saturated carbocycles. The quantitative estimate of drug-likeness (QED) is 0.239. The number of fused-ring (bicyclic) bond motifs is 1. The number of ether oxygens (including phenoxy) is 1. The standard InChI is InChI=1S/C28H29FN2O3S/c1-4-18(15-27(32)33)20-12-21(28(34-5-2)19-6-8-22(29)9-7-19)14-24(13-20)31-23-10-11-25-26(16-23)35-17(3)30-25/h6-14,16,18,28,31H,4-5,15H2,1-3H3,(H,32,33)/t18?,28-/m1/s1. The van der Waals surface area contributed by atoms with Crippen LogP contribution in [0.4, 0.5) is 15.8 Å². The van der Waals surface area contributed by atoms with Crippen molar-refractivity contribution >= 4 is 38.9 Å². The van der Waals surface area contributed by atoms with Crippen molar-refractivity contribution < 1.29 is 19.0 Å². The molecule has 2 N–H and O–H groups in total. The van der Waals surface area contributed by atoms with Gasteiger partial charge in [-0.3, -0.25) is 4.79 Å². The van der Waals surface area contributed by atoms with E-state index < -0.39 is 12.1 Å². The number of hydrogen-bond donors (Lipinski definition) is 2. The Morgan fingerprint density at radius 2 is 1.77 bits per heavy atom. The number of nitrogens with zero attached hydrogens (tertiary/aromatic N) is 1. The van der Waals surface area contributed by atoms with Gasteiger partial charge in [0.2, 0.25) is 0 Å². The van der Waals surface area contributed by atoms with Crippen LogP contribution >= 0.6 is 11.3 Å². The van der Waals surface area contributed by atoms with E-state index in [-0.39, 0.29) is 18.2 Å². The Hall–Kier alpha value is -3.29. The van der Waals surface area contributed by atoms with Crippen LogP contribution in [0.2, 0.25) is 0 Å². The van der Waals surface area contributed by atoms with Gasteiger partial charge in [-0.1, -0.05) is 25.1 Å². The third-order valence-electron chi connectivity index (χ3n) is 5.96. The summed E-state index contributed by atoms with van der Waals surface area (Å²) in [4.78, 5) is 16.1. The highest BCUT2D eigenvalue weighted by Crippen LogP contribution is 2.35. The van der Waals surface area contributed by atoms with Crippen molar-refractivity contribution in [2.45, 2.75) is 45.6 Å². The van der Waals surface area contributed by atoms with Gasteiger partial charge < -0.3 is 15.2 Å². The summed E-state index contributed by atoms with van der Waals surface area (Å²) in [7, 11) is 0. The molecule has 1 heterocycles. The zero-order valence-electron chi connectivity index (χ0n) is 20.0. The van der Waals surface area contributed by atoms with E-state index in [9.17, 15) is 14.3 Å². The van der Waals surface area contributed by atoms with E-state index in [4.69, 9.17) is 4.74 Å². The second kappa shape index (κ2) is 11.0. The van der Waals surface area contributed by atoms with Crippen molar-refractivity contribution in [1.82, 2.24) is 4.98 Å². The Kier molecular flexibility index (Phi) is 7.78. The lowest BCUT2D eigenvalue weighted by Gasteiger charge is -2.23. The van der Waals surface area contributed by atoms with Crippen molar-refractivity contribution in [2.24, 2.45) is 0 Å². The van der Waals surface area contributed by atoms with Crippen LogP contribution in [0.25, 0.3) is 10.2 Å². The second-order valence-corrected chi connectivity index (χ2v) is 9.75. The largest absolute Gasteiger partial charge is 0.481 e. The number of aliphatic carboxylic acids is 1. The molecule has 0 amide bonds. The van der Waals surface area contributed by atoms with Crippen molar-refractivity contribution in [2.75, 3.05) is 11.9 Å². The molecule has 0 saturated heterocycles. The third kappa shape index (κ3) is 6.05. The van der Waals surface area contributed by atoms with Crippen LogP contribution in [0.3, 0.4) is 0 Å². The van der Waals surface area contributed by atoms with Gasteiger partial charge in [0, 0.05) is 18.0 Å². The Balaban J connectivity index is 1.77. The summed E-state index contributed by atoms with van der Waals surface area (Å²) < 4.78 is 20.8. The van der Waals surface area contributed by atoms with Crippen LogP contribution < -0.4 is 5.32 Å². The number of thiazole rings is 1. The van der Waals surface area contributed by atoms with Crippen molar-refractivity contribution in [3.63, 3.8) is 0 Å². The number of hydrogen-bond acceptors (Lipinski definition) is 5. The zero-order chi connectivity index (χ0) is 24.9. The van der Waals surface area contributed by atoms with Crippen LogP contribution in [-0.4, -0.2) is 22.7 Å². The molecular weight excluding hydrogens is 463 g/mol. The zero-order valence-corrected chi connectivity index (χ0v) is 20.9. The summed E-state index contributed by atoms with van der Waals surface area (Å²) in [5, 5.41) is 14.0. The van der Waals surface area contributed by atoms with E-state index in [1.54, 1.807) is 23.5 Å². The minimum absolute atomic E-state index is 0.0430. The molecule has 0 spiro atoms. The highest BCUT2D eigenvalue weighted by Gasteiger charge is 2.20. The number of nitrogens with one attached hydrogen (secondary N) is 1. The number of aromatic nitrogens is 1. The van der Waals surface area contributed by atoms with Crippen molar-refractivity contribution in [1.29, 1.82) is 0 Å². The van der Waals surface area contributed by atoms with E-state index >= 15 is 0 Å². The van der Waals surface area contributed by atoms with Crippen molar-refractivity contribution in [3.05, 3.63) is 88.2 Å². The SMILES string of the molecule is CCO[C@H](c1ccc(F)cc1)c1cc(Nc2ccc3nc(C)sc3c2)cc(C(CC)CC(=O)O)c1. The summed E-state index contributed by atoms with van der Waals surface area (Å²) in [6.07, 6.45) is 0.327. The molecule has 0 radical (unpaired) electrons. The molecule has 1 aromatic heterocycles. The summed E-state index contributed by atoms with van der Waals surface area (Å²) in [6.45, 7) is 6.38. The molecule has 7 heteroatoms. The van der Waals surface area contributed by atoms with Crippen LogP contribution in [0, 0.1) is 12.7 Å². The fourth-order valence-electron chi connectivity index (χ4n) is 4.32. The summed E-state index contributed by atoms with van der Waals surface area (Å²) in [5.41, 5.74) is 5.38. The highest BCUT2D eigenvalue weighted by molar-refractivity contribution is 7.18. The molecule has 35 heavy (non-hydrogen) atoms. The third-order valence-corrected chi connectivity index (χ3v) is 6.89. The van der Waals surface area contributed by atoms with E-state index in [0.29, 0.717) is 13.0 Å². The molecule has 0 bridgehead atoms. The van der Waals surface area contributed by atoms with Gasteiger partial charge >= 0.3 is 5.97 Å². The number of carboxylic acid groups (broad SMARTS) is 1. The number of benzene rings is 3. The highest BCUT2D eigenvalue weighted by atomic mass is 32.1. The lowest BCUT2D eigenvalue weighted by atomic mass is 9.89. The maximum absolute atomic E-state index is 13.6. The molecule has 3 aromatic carbocycles. The Bertz CT molecular complexity index is 1320. The first-order valence-electron chi connectivity index (χ1n) is 11.7. The number of halogens is 1. The van der Waals surface area contributed by atoms with Crippen LogP contribution in [0.15, 0.2) is 60.7 Å². The topological polar surface area (TPSA) is 71.5 Å². The molecule has 4 aromatic rings. The molecule has 0 fully saturated rings. The van der Waals surface area contributed by atoms with Gasteiger partial charge in [0.05, 0.1) is 21.6 Å². The Labute approximate surface area is 208 Å². The fraction of sp³-hybridized carbons (Fsp3) is 0.286. The summed E-state index contributed by atoms with van der Waals surface area (Å²) >= 11 is 1.64. The number of anilines is 2. The van der Waals surface area contributed by atoms with Gasteiger partial charge in [-0.25, -0.2) is 9.37 Å². The van der Waals surface area contributed by atoms with E-state index in [2.05, 4.69) is 16.4 Å². The molecule has 0 aliphatic heterocycles. The van der Waals surface area contributed by atoms with Crippen molar-refractivity contribution in [3.8, 4) is 0 Å². The lowest BCUT2D eigenvalue weighted by Crippen LogP contribution is -2.10. The minimum Gasteiger partial charge on any atom is -0.481 e. The fourth-order valence-corrected chi connectivity index (χ4v) is 5.18. The summed E-state index contributed by atoms with van der Waals surface area (Å²) in [6, 6.07) is 18.4. The maximum Gasteiger partial charge on any atom is 0.303 e. The van der Waals surface area contributed by atoms with E-state index in [1.165, 1.54) is 12.1 Å². The van der Waals surface area contributed by atoms with Gasteiger partial charge in [-0.2, -0.15) is 0 Å². The minimum atomic E-state index is -0.831. The molecule has 2 atom stereocenters.